The maximum Gasteiger partial charge on any atom is 0.257 e. The smallest absolute Gasteiger partial charge is 0.257 e. The summed E-state index contributed by atoms with van der Waals surface area (Å²) in [5, 5.41) is 0.127. The Kier molecular flexibility index (Phi) is 4.63. The Balaban J connectivity index is 2.28. The molecule has 1 heterocycles. The molecule has 106 valence electrons. The molecule has 0 aliphatic carbocycles. The largest absolute Gasteiger partial charge is 0.475 e. The highest BCUT2D eigenvalue weighted by molar-refractivity contribution is 6.32. The Morgan fingerprint density at radius 2 is 2.15 bits per heavy atom. The van der Waals surface area contributed by atoms with Crippen LogP contribution in [0.2, 0.25) is 5.02 Å². The molecule has 0 aliphatic heterocycles. The number of nitrogen functional groups attached to an aromatic ring is 1. The predicted octanol–water partition coefficient (Wildman–Crippen LogP) is 4.04. The van der Waals surface area contributed by atoms with Gasteiger partial charge < -0.3 is 15.2 Å². The summed E-state index contributed by atoms with van der Waals surface area (Å²) in [5.41, 5.74) is 5.46. The summed E-state index contributed by atoms with van der Waals surface area (Å²) in [6.07, 6.45) is 2.44. The van der Waals surface area contributed by atoms with Crippen molar-refractivity contribution in [3.05, 3.63) is 41.3 Å². The molecule has 2 N–H and O–H groups in total. The van der Waals surface area contributed by atoms with Gasteiger partial charge in [0.05, 0.1) is 17.3 Å². The average Bonchev–Trinajstić information content (AvgIpc) is 2.44. The molecule has 0 aliphatic rings. The zero-order chi connectivity index (χ0) is 14.5. The Bertz CT molecular complexity index is 608. The summed E-state index contributed by atoms with van der Waals surface area (Å²) in [5.74, 6) is 0.415. The van der Waals surface area contributed by atoms with Crippen molar-refractivity contribution in [2.45, 2.75) is 13.3 Å². The number of aromatic nitrogens is 1. The van der Waals surface area contributed by atoms with Gasteiger partial charge in [-0.3, -0.25) is 0 Å². The first-order chi connectivity index (χ1) is 9.61. The molecule has 0 unspecified atom stereocenters. The minimum atomic E-state index is -0.587. The monoisotopic (exact) mass is 296 g/mol. The van der Waals surface area contributed by atoms with E-state index in [0.29, 0.717) is 18.2 Å². The third-order valence-corrected chi connectivity index (χ3v) is 2.75. The minimum Gasteiger partial charge on any atom is -0.475 e. The number of benzene rings is 1. The molecule has 20 heavy (non-hydrogen) atoms. The molecular weight excluding hydrogens is 283 g/mol. The molecule has 0 fully saturated rings. The van der Waals surface area contributed by atoms with E-state index in [4.69, 9.17) is 26.8 Å². The number of ether oxygens (including phenoxy) is 2. The first-order valence-electron chi connectivity index (χ1n) is 6.12. The first kappa shape index (κ1) is 14.4. The van der Waals surface area contributed by atoms with Crippen molar-refractivity contribution >= 4 is 17.3 Å². The highest BCUT2D eigenvalue weighted by Gasteiger charge is 2.12. The normalized spacial score (nSPS) is 10.3. The van der Waals surface area contributed by atoms with Gasteiger partial charge in [-0.25, -0.2) is 9.37 Å². The van der Waals surface area contributed by atoms with Crippen molar-refractivity contribution < 1.29 is 13.9 Å². The maximum atomic E-state index is 13.2. The van der Waals surface area contributed by atoms with Gasteiger partial charge in [0.2, 0.25) is 0 Å². The molecule has 1 aromatic heterocycles. The topological polar surface area (TPSA) is 57.4 Å². The van der Waals surface area contributed by atoms with Crippen molar-refractivity contribution in [1.29, 1.82) is 0 Å². The fourth-order valence-electron chi connectivity index (χ4n) is 1.50. The minimum absolute atomic E-state index is 0.0377. The lowest BCUT2D eigenvalue weighted by Gasteiger charge is -2.12. The van der Waals surface area contributed by atoms with Crippen molar-refractivity contribution in [2.24, 2.45) is 0 Å². The van der Waals surface area contributed by atoms with Gasteiger partial charge in [0.25, 0.3) is 5.88 Å². The number of halogens is 2. The maximum absolute atomic E-state index is 13.2. The fourth-order valence-corrected chi connectivity index (χ4v) is 1.69. The van der Waals surface area contributed by atoms with Crippen LogP contribution >= 0.6 is 11.6 Å². The highest BCUT2D eigenvalue weighted by Crippen LogP contribution is 2.35. The Labute approximate surface area is 121 Å². The molecule has 0 saturated carbocycles. The van der Waals surface area contributed by atoms with Crippen LogP contribution in [0.4, 0.5) is 10.1 Å². The van der Waals surface area contributed by atoms with Crippen LogP contribution < -0.4 is 15.2 Å². The van der Waals surface area contributed by atoms with Gasteiger partial charge in [0.15, 0.2) is 5.75 Å². The molecule has 0 amide bonds. The molecule has 0 saturated heterocycles. The van der Waals surface area contributed by atoms with Crippen LogP contribution in [0, 0.1) is 5.82 Å². The van der Waals surface area contributed by atoms with E-state index in [1.54, 1.807) is 18.3 Å². The fraction of sp³-hybridized carbons (Fsp3) is 0.214. The molecule has 0 bridgehead atoms. The second-order valence-corrected chi connectivity index (χ2v) is 4.47. The average molecular weight is 297 g/mol. The van der Waals surface area contributed by atoms with Gasteiger partial charge in [-0.1, -0.05) is 18.5 Å². The molecule has 1 aromatic carbocycles. The number of hydrogen-bond acceptors (Lipinski definition) is 4. The molecule has 0 radical (unpaired) electrons. The van der Waals surface area contributed by atoms with E-state index in [-0.39, 0.29) is 16.5 Å². The van der Waals surface area contributed by atoms with Crippen LogP contribution in [-0.2, 0) is 0 Å². The quantitative estimate of drug-likeness (QED) is 0.846. The number of anilines is 1. The molecule has 2 aromatic rings. The van der Waals surface area contributed by atoms with Crippen molar-refractivity contribution in [2.75, 3.05) is 12.3 Å². The zero-order valence-corrected chi connectivity index (χ0v) is 11.7. The van der Waals surface area contributed by atoms with Crippen LogP contribution in [0.1, 0.15) is 13.3 Å². The third kappa shape index (κ3) is 3.30. The van der Waals surface area contributed by atoms with E-state index in [1.165, 1.54) is 6.07 Å². The van der Waals surface area contributed by atoms with Crippen molar-refractivity contribution in [3.8, 4) is 17.4 Å². The van der Waals surface area contributed by atoms with Crippen LogP contribution in [0.25, 0.3) is 0 Å². The molecule has 2 rings (SSSR count). The van der Waals surface area contributed by atoms with E-state index < -0.39 is 5.82 Å². The zero-order valence-electron chi connectivity index (χ0n) is 10.9. The van der Waals surface area contributed by atoms with E-state index in [1.807, 2.05) is 6.92 Å². The van der Waals surface area contributed by atoms with Crippen LogP contribution in [0.15, 0.2) is 30.5 Å². The number of hydrogen-bond donors (Lipinski definition) is 1. The number of nitrogens with two attached hydrogens (primary N) is 1. The Hall–Kier alpha value is -2.01. The van der Waals surface area contributed by atoms with Crippen LogP contribution in [-0.4, -0.2) is 11.6 Å². The lowest BCUT2D eigenvalue weighted by molar-refractivity contribution is 0.290. The summed E-state index contributed by atoms with van der Waals surface area (Å²) in [7, 11) is 0. The van der Waals surface area contributed by atoms with E-state index in [9.17, 15) is 4.39 Å². The van der Waals surface area contributed by atoms with Crippen LogP contribution in [0.3, 0.4) is 0 Å². The Morgan fingerprint density at radius 3 is 2.90 bits per heavy atom. The SMILES string of the molecule is CCCOc1ncccc1Oc1cc(N)c(F)cc1Cl. The van der Waals surface area contributed by atoms with E-state index in [2.05, 4.69) is 4.98 Å². The molecule has 0 spiro atoms. The van der Waals surface area contributed by atoms with Gasteiger partial charge in [0, 0.05) is 12.3 Å². The van der Waals surface area contributed by atoms with Crippen LogP contribution in [0.5, 0.6) is 17.4 Å². The summed E-state index contributed by atoms with van der Waals surface area (Å²) in [4.78, 5) is 4.09. The van der Waals surface area contributed by atoms with Gasteiger partial charge in [-0.05, 0) is 24.6 Å². The van der Waals surface area contributed by atoms with Gasteiger partial charge >= 0.3 is 0 Å². The van der Waals surface area contributed by atoms with E-state index in [0.717, 1.165) is 12.5 Å². The second kappa shape index (κ2) is 6.43. The third-order valence-electron chi connectivity index (χ3n) is 2.45. The number of pyridine rings is 1. The highest BCUT2D eigenvalue weighted by atomic mass is 35.5. The van der Waals surface area contributed by atoms with Crippen molar-refractivity contribution in [3.63, 3.8) is 0 Å². The summed E-state index contributed by atoms with van der Waals surface area (Å²) in [6.45, 7) is 2.51. The Morgan fingerprint density at radius 1 is 1.35 bits per heavy atom. The van der Waals surface area contributed by atoms with Gasteiger partial charge in [-0.15, -0.1) is 0 Å². The second-order valence-electron chi connectivity index (χ2n) is 4.06. The summed E-state index contributed by atoms with van der Waals surface area (Å²) < 4.78 is 24.3. The van der Waals surface area contributed by atoms with Gasteiger partial charge in [-0.2, -0.15) is 0 Å². The van der Waals surface area contributed by atoms with Gasteiger partial charge in [0.1, 0.15) is 11.6 Å². The number of rotatable bonds is 5. The molecule has 0 atom stereocenters. The first-order valence-corrected chi connectivity index (χ1v) is 6.49. The molecule has 6 heteroatoms. The molecular formula is C14H14ClFN2O2. The summed E-state index contributed by atoms with van der Waals surface area (Å²) in [6, 6.07) is 5.83. The van der Waals surface area contributed by atoms with Crippen molar-refractivity contribution in [1.82, 2.24) is 4.98 Å². The molecule has 4 nitrogen and oxygen atoms in total. The predicted molar refractivity (Wildman–Crippen MR) is 75.9 cm³/mol. The summed E-state index contributed by atoms with van der Waals surface area (Å²) >= 11 is 5.93. The van der Waals surface area contributed by atoms with E-state index >= 15 is 0 Å². The lowest BCUT2D eigenvalue weighted by Crippen LogP contribution is -2.00. The standard InChI is InChI=1S/C14H14ClFN2O2/c1-2-6-19-14-12(4-3-5-18-14)20-13-8-11(17)10(16)7-9(13)15/h3-5,7-8H,2,6,17H2,1H3. The lowest BCUT2D eigenvalue weighted by atomic mass is 10.3. The number of nitrogens with zero attached hydrogens (tertiary/aromatic N) is 1.